The molecule has 0 fully saturated rings. The molecule has 2 heterocycles. The van der Waals surface area contributed by atoms with Crippen LogP contribution in [0.1, 0.15) is 28.9 Å². The highest BCUT2D eigenvalue weighted by atomic mass is 35.5. The molecule has 2 aromatic heterocycles. The number of fused-ring (bicyclic) bond motifs is 1. The SMILES string of the molecule is CCOC(=O)c1nc(Cc2ccc3ncc(Cl)cc3c2)nn1C. The maximum atomic E-state index is 11.8. The van der Waals surface area contributed by atoms with Gasteiger partial charge in [-0.3, -0.25) is 4.98 Å². The highest BCUT2D eigenvalue weighted by Gasteiger charge is 2.16. The molecular weight excluding hydrogens is 316 g/mol. The van der Waals surface area contributed by atoms with E-state index in [1.165, 1.54) is 4.68 Å². The molecule has 7 heteroatoms. The van der Waals surface area contributed by atoms with E-state index in [0.717, 1.165) is 16.5 Å². The zero-order valence-corrected chi connectivity index (χ0v) is 13.5. The topological polar surface area (TPSA) is 69.9 Å². The molecule has 6 nitrogen and oxygen atoms in total. The number of carbonyl (C=O) groups is 1. The molecule has 0 saturated heterocycles. The van der Waals surface area contributed by atoms with Gasteiger partial charge in [-0.2, -0.15) is 5.10 Å². The molecule has 3 aromatic rings. The third-order valence-corrected chi connectivity index (χ3v) is 3.55. The molecule has 0 aliphatic rings. The van der Waals surface area contributed by atoms with Crippen molar-refractivity contribution in [3.8, 4) is 0 Å². The van der Waals surface area contributed by atoms with Crippen LogP contribution in [0.5, 0.6) is 0 Å². The van der Waals surface area contributed by atoms with Gasteiger partial charge in [-0.05, 0) is 30.7 Å². The predicted octanol–water partition coefficient (Wildman–Crippen LogP) is 2.78. The monoisotopic (exact) mass is 330 g/mol. The van der Waals surface area contributed by atoms with E-state index in [0.29, 0.717) is 23.9 Å². The van der Waals surface area contributed by atoms with E-state index in [9.17, 15) is 4.79 Å². The molecule has 0 atom stereocenters. The smallest absolute Gasteiger partial charge is 0.376 e. The van der Waals surface area contributed by atoms with Gasteiger partial charge in [-0.1, -0.05) is 17.7 Å². The van der Waals surface area contributed by atoms with Crippen LogP contribution >= 0.6 is 11.6 Å². The van der Waals surface area contributed by atoms with Crippen LogP contribution < -0.4 is 0 Å². The van der Waals surface area contributed by atoms with Crippen molar-refractivity contribution in [1.82, 2.24) is 19.7 Å². The summed E-state index contributed by atoms with van der Waals surface area (Å²) in [6.07, 6.45) is 2.13. The van der Waals surface area contributed by atoms with Crippen LogP contribution in [0.15, 0.2) is 30.5 Å². The third kappa shape index (κ3) is 3.32. The van der Waals surface area contributed by atoms with Gasteiger partial charge in [0.05, 0.1) is 17.1 Å². The molecule has 118 valence electrons. The lowest BCUT2D eigenvalue weighted by Crippen LogP contribution is -2.11. The molecule has 23 heavy (non-hydrogen) atoms. The fraction of sp³-hybridized carbons (Fsp3) is 0.250. The number of ether oxygens (including phenoxy) is 1. The highest BCUT2D eigenvalue weighted by molar-refractivity contribution is 6.31. The Balaban J connectivity index is 1.87. The Bertz CT molecular complexity index is 876. The summed E-state index contributed by atoms with van der Waals surface area (Å²) >= 11 is 5.98. The van der Waals surface area contributed by atoms with Crippen molar-refractivity contribution in [2.24, 2.45) is 7.05 Å². The average Bonchev–Trinajstić information content (AvgIpc) is 2.87. The number of halogens is 1. The predicted molar refractivity (Wildman–Crippen MR) is 86.5 cm³/mol. The second-order valence-corrected chi connectivity index (χ2v) is 5.49. The van der Waals surface area contributed by atoms with Gasteiger partial charge in [-0.25, -0.2) is 14.5 Å². The Morgan fingerprint density at radius 2 is 2.17 bits per heavy atom. The number of pyridine rings is 1. The van der Waals surface area contributed by atoms with E-state index >= 15 is 0 Å². The molecule has 3 rings (SSSR count). The average molecular weight is 331 g/mol. The summed E-state index contributed by atoms with van der Waals surface area (Å²) in [5.74, 6) is 0.292. The quantitative estimate of drug-likeness (QED) is 0.688. The zero-order chi connectivity index (χ0) is 16.4. The number of nitrogens with zero attached hydrogens (tertiary/aromatic N) is 4. The number of rotatable bonds is 4. The molecule has 0 saturated carbocycles. The Hall–Kier alpha value is -2.47. The molecule has 0 N–H and O–H groups in total. The number of carbonyl (C=O) groups excluding carboxylic acids is 1. The Labute approximate surface area is 138 Å². The number of benzene rings is 1. The van der Waals surface area contributed by atoms with Gasteiger partial charge in [0.25, 0.3) is 0 Å². The summed E-state index contributed by atoms with van der Waals surface area (Å²) in [6, 6.07) is 7.75. The van der Waals surface area contributed by atoms with Crippen LogP contribution in [-0.2, 0) is 18.2 Å². The van der Waals surface area contributed by atoms with E-state index < -0.39 is 5.97 Å². The van der Waals surface area contributed by atoms with E-state index in [-0.39, 0.29) is 5.82 Å². The van der Waals surface area contributed by atoms with Gasteiger partial charge in [0.1, 0.15) is 0 Å². The van der Waals surface area contributed by atoms with Gasteiger partial charge >= 0.3 is 5.97 Å². The van der Waals surface area contributed by atoms with Crippen LogP contribution in [0.3, 0.4) is 0 Å². The molecule has 0 unspecified atom stereocenters. The molecule has 0 radical (unpaired) electrons. The van der Waals surface area contributed by atoms with Crippen LogP contribution in [0.4, 0.5) is 0 Å². The maximum absolute atomic E-state index is 11.8. The Morgan fingerprint density at radius 3 is 2.96 bits per heavy atom. The molecule has 0 aliphatic heterocycles. The summed E-state index contributed by atoms with van der Waals surface area (Å²) < 4.78 is 6.40. The first-order chi connectivity index (χ1) is 11.1. The van der Waals surface area contributed by atoms with Crippen LogP contribution in [0.25, 0.3) is 10.9 Å². The van der Waals surface area contributed by atoms with E-state index in [4.69, 9.17) is 16.3 Å². The molecule has 0 bridgehead atoms. The first kappa shape index (κ1) is 15.4. The summed E-state index contributed by atoms with van der Waals surface area (Å²) in [7, 11) is 1.67. The van der Waals surface area contributed by atoms with Crippen LogP contribution in [0.2, 0.25) is 5.02 Å². The third-order valence-electron chi connectivity index (χ3n) is 3.34. The van der Waals surface area contributed by atoms with Crippen molar-refractivity contribution in [3.05, 3.63) is 52.7 Å². The number of esters is 1. The molecular formula is C16H15ClN4O2. The highest BCUT2D eigenvalue weighted by Crippen LogP contribution is 2.19. The first-order valence-electron chi connectivity index (χ1n) is 7.18. The zero-order valence-electron chi connectivity index (χ0n) is 12.8. The molecule has 0 amide bonds. The van der Waals surface area contributed by atoms with Crippen molar-refractivity contribution in [1.29, 1.82) is 0 Å². The minimum absolute atomic E-state index is 0.201. The molecule has 0 aliphatic carbocycles. The van der Waals surface area contributed by atoms with Crippen molar-refractivity contribution in [3.63, 3.8) is 0 Å². The van der Waals surface area contributed by atoms with Gasteiger partial charge < -0.3 is 4.74 Å². The summed E-state index contributed by atoms with van der Waals surface area (Å²) in [5, 5.41) is 5.82. The fourth-order valence-electron chi connectivity index (χ4n) is 2.33. The second kappa shape index (κ2) is 6.34. The minimum Gasteiger partial charge on any atom is -0.460 e. The Morgan fingerprint density at radius 1 is 1.35 bits per heavy atom. The van der Waals surface area contributed by atoms with Crippen molar-refractivity contribution in [2.45, 2.75) is 13.3 Å². The molecule has 1 aromatic carbocycles. The lowest BCUT2D eigenvalue weighted by atomic mass is 10.1. The summed E-state index contributed by atoms with van der Waals surface area (Å²) in [5.41, 5.74) is 1.89. The van der Waals surface area contributed by atoms with E-state index in [1.54, 1.807) is 20.2 Å². The van der Waals surface area contributed by atoms with Gasteiger partial charge in [0.15, 0.2) is 5.82 Å². The van der Waals surface area contributed by atoms with Crippen molar-refractivity contribution < 1.29 is 9.53 Å². The lowest BCUT2D eigenvalue weighted by molar-refractivity contribution is 0.0506. The van der Waals surface area contributed by atoms with Crippen molar-refractivity contribution in [2.75, 3.05) is 6.61 Å². The van der Waals surface area contributed by atoms with Gasteiger partial charge in [0, 0.05) is 25.1 Å². The van der Waals surface area contributed by atoms with Crippen LogP contribution in [0, 0.1) is 0 Å². The second-order valence-electron chi connectivity index (χ2n) is 5.05. The normalized spacial score (nSPS) is 10.9. The Kier molecular flexibility index (Phi) is 4.25. The largest absolute Gasteiger partial charge is 0.460 e. The summed E-state index contributed by atoms with van der Waals surface area (Å²) in [6.45, 7) is 2.06. The van der Waals surface area contributed by atoms with Gasteiger partial charge in [-0.15, -0.1) is 0 Å². The molecule has 0 spiro atoms. The maximum Gasteiger partial charge on any atom is 0.376 e. The number of hydrogen-bond acceptors (Lipinski definition) is 5. The lowest BCUT2D eigenvalue weighted by Gasteiger charge is -2.01. The van der Waals surface area contributed by atoms with Gasteiger partial charge in [0.2, 0.25) is 5.82 Å². The number of aromatic nitrogens is 4. The van der Waals surface area contributed by atoms with Crippen molar-refractivity contribution >= 4 is 28.5 Å². The standard InChI is InChI=1S/C16H15ClN4O2/c1-3-23-16(22)15-19-14(20-21(15)2)7-10-4-5-13-11(6-10)8-12(17)9-18-13/h4-6,8-9H,3,7H2,1-2H3. The number of hydrogen-bond donors (Lipinski definition) is 0. The number of aryl methyl sites for hydroxylation is 1. The van der Waals surface area contributed by atoms with E-state index in [1.807, 2.05) is 24.3 Å². The van der Waals surface area contributed by atoms with Crippen LogP contribution in [-0.4, -0.2) is 32.3 Å². The first-order valence-corrected chi connectivity index (χ1v) is 7.56. The summed E-state index contributed by atoms with van der Waals surface area (Å²) in [4.78, 5) is 20.3. The van der Waals surface area contributed by atoms with E-state index in [2.05, 4.69) is 15.1 Å². The minimum atomic E-state index is -0.469. The fourth-order valence-corrected chi connectivity index (χ4v) is 2.50.